The summed E-state index contributed by atoms with van der Waals surface area (Å²) >= 11 is 0. The molecule has 0 heterocycles. The van der Waals surface area contributed by atoms with E-state index >= 15 is 0 Å². The van der Waals surface area contributed by atoms with E-state index in [0.717, 1.165) is 6.07 Å². The average molecular weight is 335 g/mol. The van der Waals surface area contributed by atoms with E-state index in [4.69, 9.17) is 5.73 Å². The number of halogens is 4. The Morgan fingerprint density at radius 2 is 1.61 bits per heavy atom. The van der Waals surface area contributed by atoms with Gasteiger partial charge in [-0.25, -0.2) is 0 Å². The van der Waals surface area contributed by atoms with Crippen molar-refractivity contribution >= 4 is 5.78 Å². The van der Waals surface area contributed by atoms with E-state index in [0.29, 0.717) is 31.2 Å². The Kier molecular flexibility index (Phi) is 5.46. The van der Waals surface area contributed by atoms with Gasteiger partial charge in [-0.15, -0.1) is 0 Å². The van der Waals surface area contributed by atoms with Gasteiger partial charge >= 0.3 is 13.2 Å². The van der Waals surface area contributed by atoms with Gasteiger partial charge < -0.3 is 15.2 Å². The number of hydrogen-bond donors (Lipinski definition) is 1. The van der Waals surface area contributed by atoms with Crippen LogP contribution in [0, 0.1) is 0 Å². The molecule has 23 heavy (non-hydrogen) atoms. The second-order valence-electron chi connectivity index (χ2n) is 5.44. The Hall–Kier alpha value is -1.83. The molecule has 1 fully saturated rings. The van der Waals surface area contributed by atoms with Gasteiger partial charge in [0.05, 0.1) is 0 Å². The Morgan fingerprint density at radius 1 is 1.04 bits per heavy atom. The first-order valence-electron chi connectivity index (χ1n) is 7.12. The lowest BCUT2D eigenvalue weighted by molar-refractivity contribution is -0.121. The van der Waals surface area contributed by atoms with Gasteiger partial charge in [0.25, 0.3) is 0 Å². The van der Waals surface area contributed by atoms with Gasteiger partial charge in [0.1, 0.15) is 5.78 Å². The lowest BCUT2D eigenvalue weighted by Crippen LogP contribution is -2.39. The zero-order valence-corrected chi connectivity index (χ0v) is 12.2. The smallest absolute Gasteiger partial charge is 0.387 e. The van der Waals surface area contributed by atoms with Crippen LogP contribution in [0.4, 0.5) is 17.6 Å². The minimum Gasteiger partial charge on any atom is -0.431 e. The molecule has 1 aliphatic rings. The molecule has 0 amide bonds. The van der Waals surface area contributed by atoms with E-state index in [2.05, 4.69) is 9.47 Å². The fourth-order valence-corrected chi connectivity index (χ4v) is 2.84. The van der Waals surface area contributed by atoms with Gasteiger partial charge in [-0.2, -0.15) is 17.6 Å². The third kappa shape index (κ3) is 4.13. The quantitative estimate of drug-likeness (QED) is 0.811. The van der Waals surface area contributed by atoms with E-state index in [1.807, 2.05) is 0 Å². The molecule has 1 aliphatic carbocycles. The lowest BCUT2D eigenvalue weighted by Gasteiger charge is -2.36. The normalized spacial score (nSPS) is 17.6. The van der Waals surface area contributed by atoms with E-state index in [1.54, 1.807) is 0 Å². The number of ketones is 1. The van der Waals surface area contributed by atoms with Crippen LogP contribution in [0.25, 0.3) is 0 Å². The van der Waals surface area contributed by atoms with Crippen molar-refractivity contribution in [2.45, 2.75) is 44.3 Å². The van der Waals surface area contributed by atoms with Crippen molar-refractivity contribution in [3.63, 3.8) is 0 Å². The molecule has 0 atom stereocenters. The summed E-state index contributed by atoms with van der Waals surface area (Å²) in [4.78, 5) is 11.4. The van der Waals surface area contributed by atoms with Crippen molar-refractivity contribution in [2.24, 2.45) is 5.73 Å². The molecule has 1 aromatic rings. The number of ether oxygens (including phenoxy) is 2. The highest BCUT2D eigenvalue weighted by molar-refractivity contribution is 5.79. The van der Waals surface area contributed by atoms with E-state index in [1.165, 1.54) is 12.1 Å². The molecule has 4 nitrogen and oxygen atoms in total. The number of alkyl halides is 4. The third-order valence-electron chi connectivity index (χ3n) is 4.14. The number of benzene rings is 1. The number of nitrogens with two attached hydrogens (primary N) is 1. The first-order chi connectivity index (χ1) is 10.9. The zero-order chi connectivity index (χ0) is 17.0. The van der Waals surface area contributed by atoms with Crippen molar-refractivity contribution in [3.05, 3.63) is 23.8 Å². The molecule has 1 saturated carbocycles. The van der Waals surface area contributed by atoms with E-state index in [-0.39, 0.29) is 12.3 Å². The van der Waals surface area contributed by atoms with Gasteiger partial charge in [-0.1, -0.05) is 6.07 Å². The second-order valence-corrected chi connectivity index (χ2v) is 5.44. The summed E-state index contributed by atoms with van der Waals surface area (Å²) < 4.78 is 58.2. The maximum Gasteiger partial charge on any atom is 0.387 e. The second kappa shape index (κ2) is 7.16. The van der Waals surface area contributed by atoms with E-state index < -0.39 is 30.1 Å². The summed E-state index contributed by atoms with van der Waals surface area (Å²) in [6.45, 7) is -6.12. The molecule has 0 spiro atoms. The summed E-state index contributed by atoms with van der Waals surface area (Å²) in [6.07, 6.45) is 1.64. The highest BCUT2D eigenvalue weighted by atomic mass is 19.3. The van der Waals surface area contributed by atoms with Gasteiger partial charge in [0.2, 0.25) is 0 Å². The van der Waals surface area contributed by atoms with Crippen molar-refractivity contribution < 1.29 is 31.8 Å². The number of carbonyl (C=O) groups is 1. The summed E-state index contributed by atoms with van der Waals surface area (Å²) in [5.41, 5.74) is 5.85. The van der Waals surface area contributed by atoms with Crippen molar-refractivity contribution in [3.8, 4) is 11.5 Å². The van der Waals surface area contributed by atoms with Crippen LogP contribution < -0.4 is 15.2 Å². The Bertz CT molecular complexity index is 556. The third-order valence-corrected chi connectivity index (χ3v) is 4.14. The van der Waals surface area contributed by atoms with Crippen LogP contribution in [-0.2, 0) is 10.2 Å². The Labute approximate surface area is 130 Å². The number of carbonyl (C=O) groups excluding carboxylic acids is 1. The minimum atomic E-state index is -3.17. The van der Waals surface area contributed by atoms with Crippen LogP contribution in [0.5, 0.6) is 11.5 Å². The Balaban J connectivity index is 2.36. The summed E-state index contributed by atoms with van der Waals surface area (Å²) in [5, 5.41) is 0. The van der Waals surface area contributed by atoms with Crippen LogP contribution in [-0.4, -0.2) is 25.6 Å². The molecule has 0 saturated heterocycles. The van der Waals surface area contributed by atoms with Crippen LogP contribution in [0.3, 0.4) is 0 Å². The van der Waals surface area contributed by atoms with Crippen molar-refractivity contribution in [2.75, 3.05) is 6.54 Å². The number of rotatable bonds is 6. The molecule has 1 aromatic carbocycles. The fourth-order valence-electron chi connectivity index (χ4n) is 2.84. The van der Waals surface area contributed by atoms with Crippen LogP contribution >= 0.6 is 0 Å². The molecule has 0 bridgehead atoms. The highest BCUT2D eigenvalue weighted by Crippen LogP contribution is 2.41. The maximum absolute atomic E-state index is 12.5. The summed E-state index contributed by atoms with van der Waals surface area (Å²) in [6, 6.07) is 3.90. The molecule has 0 radical (unpaired) electrons. The van der Waals surface area contributed by atoms with Gasteiger partial charge in [0, 0.05) is 24.8 Å². The Morgan fingerprint density at radius 3 is 2.13 bits per heavy atom. The first kappa shape index (κ1) is 17.5. The first-order valence-corrected chi connectivity index (χ1v) is 7.12. The molecule has 8 heteroatoms. The number of Topliss-reactive ketones (excluding diaryl/α,β-unsaturated/α-hetero) is 1. The molecule has 2 rings (SSSR count). The van der Waals surface area contributed by atoms with Gasteiger partial charge in [-0.05, 0) is 30.5 Å². The zero-order valence-electron chi connectivity index (χ0n) is 12.2. The average Bonchev–Trinajstić information content (AvgIpc) is 2.49. The van der Waals surface area contributed by atoms with Gasteiger partial charge in [0.15, 0.2) is 11.5 Å². The number of hydrogen-bond acceptors (Lipinski definition) is 4. The highest BCUT2D eigenvalue weighted by Gasteiger charge is 2.36. The predicted molar refractivity (Wildman–Crippen MR) is 73.9 cm³/mol. The predicted octanol–water partition coefficient (Wildman–Crippen LogP) is 3.23. The maximum atomic E-state index is 12.5. The topological polar surface area (TPSA) is 61.6 Å². The van der Waals surface area contributed by atoms with Crippen molar-refractivity contribution in [1.29, 1.82) is 0 Å². The van der Waals surface area contributed by atoms with Gasteiger partial charge in [-0.3, -0.25) is 4.79 Å². The lowest BCUT2D eigenvalue weighted by atomic mass is 9.69. The molecular weight excluding hydrogens is 318 g/mol. The summed E-state index contributed by atoms with van der Waals surface area (Å²) in [7, 11) is 0. The molecule has 2 N–H and O–H groups in total. The molecule has 128 valence electrons. The van der Waals surface area contributed by atoms with Crippen LogP contribution in [0.2, 0.25) is 0 Å². The molecule has 0 aromatic heterocycles. The summed E-state index contributed by atoms with van der Waals surface area (Å²) in [5.74, 6) is -0.818. The van der Waals surface area contributed by atoms with Crippen molar-refractivity contribution in [1.82, 2.24) is 0 Å². The standard InChI is InChI=1S/C15H17F4NO3/c16-13(17)22-11-2-1-9(7-12(11)23-14(18)19)15(8-20)5-3-10(21)4-6-15/h1-2,7,13-14H,3-6,8,20H2. The monoisotopic (exact) mass is 335 g/mol. The minimum absolute atomic E-state index is 0.121. The molecular formula is C15H17F4NO3. The molecule has 0 aliphatic heterocycles. The largest absolute Gasteiger partial charge is 0.431 e. The van der Waals surface area contributed by atoms with Crippen LogP contribution in [0.15, 0.2) is 18.2 Å². The van der Waals surface area contributed by atoms with Crippen LogP contribution in [0.1, 0.15) is 31.2 Å². The fraction of sp³-hybridized carbons (Fsp3) is 0.533. The molecule has 0 unspecified atom stereocenters. The SMILES string of the molecule is NCC1(c2ccc(OC(F)F)c(OC(F)F)c2)CCC(=O)CC1. The van der Waals surface area contributed by atoms with E-state index in [9.17, 15) is 22.4 Å².